The van der Waals surface area contributed by atoms with Gasteiger partial charge in [0.2, 0.25) is 5.91 Å². The van der Waals surface area contributed by atoms with Gasteiger partial charge >= 0.3 is 5.97 Å². The number of carbonyl (C=O) groups is 3. The predicted molar refractivity (Wildman–Crippen MR) is 95.9 cm³/mol. The maximum atomic E-state index is 12.8. The summed E-state index contributed by atoms with van der Waals surface area (Å²) in [5.74, 6) is -0.745. The highest BCUT2D eigenvalue weighted by Gasteiger charge is 2.28. The van der Waals surface area contributed by atoms with Gasteiger partial charge in [-0.1, -0.05) is 0 Å². The average Bonchev–Trinajstić information content (AvgIpc) is 2.79. The fourth-order valence-corrected chi connectivity index (χ4v) is 2.65. The van der Waals surface area contributed by atoms with Crippen molar-refractivity contribution >= 4 is 17.7 Å². The van der Waals surface area contributed by atoms with E-state index in [9.17, 15) is 14.4 Å². The zero-order valence-electron chi connectivity index (χ0n) is 16.1. The summed E-state index contributed by atoms with van der Waals surface area (Å²) in [6.45, 7) is 11.1. The third kappa shape index (κ3) is 5.16. The molecule has 0 fully saturated rings. The number of hydrogen-bond donors (Lipinski definition) is 2. The molecule has 1 heterocycles. The topological polar surface area (TPSA) is 91.5 Å². The van der Waals surface area contributed by atoms with E-state index in [1.54, 1.807) is 39.6 Å². The minimum atomic E-state index is -0.510. The van der Waals surface area contributed by atoms with E-state index >= 15 is 0 Å². The van der Waals surface area contributed by atoms with Crippen LogP contribution in [-0.2, 0) is 9.53 Å². The van der Waals surface area contributed by atoms with Crippen LogP contribution in [0.15, 0.2) is 0 Å². The van der Waals surface area contributed by atoms with Gasteiger partial charge in [0.25, 0.3) is 0 Å². The van der Waals surface area contributed by atoms with E-state index in [0.29, 0.717) is 22.5 Å². The Bertz CT molecular complexity index is 649. The lowest BCUT2D eigenvalue weighted by Gasteiger charge is -2.23. The van der Waals surface area contributed by atoms with Crippen molar-refractivity contribution in [3.05, 3.63) is 22.5 Å². The third-order valence-electron chi connectivity index (χ3n) is 4.05. The number of ether oxygens (including phenoxy) is 1. The van der Waals surface area contributed by atoms with Crippen molar-refractivity contribution in [2.75, 3.05) is 20.2 Å². The van der Waals surface area contributed by atoms with E-state index in [1.165, 1.54) is 0 Å². The minimum Gasteiger partial charge on any atom is -0.462 e. The van der Waals surface area contributed by atoms with Gasteiger partial charge in [0.15, 0.2) is 5.78 Å². The van der Waals surface area contributed by atoms with E-state index < -0.39 is 12.0 Å². The molecule has 7 heteroatoms. The van der Waals surface area contributed by atoms with Crippen molar-refractivity contribution in [2.45, 2.75) is 53.6 Å². The van der Waals surface area contributed by atoms with Crippen molar-refractivity contribution < 1.29 is 19.1 Å². The van der Waals surface area contributed by atoms with E-state index in [2.05, 4.69) is 10.3 Å². The van der Waals surface area contributed by atoms with Crippen LogP contribution in [0.2, 0.25) is 0 Å². The Balaban J connectivity index is 2.94. The number of H-pyrrole nitrogens is 1. The van der Waals surface area contributed by atoms with E-state index in [1.807, 2.05) is 13.8 Å². The first-order valence-corrected chi connectivity index (χ1v) is 8.50. The van der Waals surface area contributed by atoms with Crippen LogP contribution in [0, 0.1) is 13.8 Å². The molecule has 1 amide bonds. The molecule has 140 valence electrons. The van der Waals surface area contributed by atoms with Gasteiger partial charge in [0.05, 0.1) is 30.5 Å². The van der Waals surface area contributed by atoms with Gasteiger partial charge in [0, 0.05) is 11.7 Å². The zero-order chi connectivity index (χ0) is 19.3. The number of nitrogens with one attached hydrogen (secondary N) is 2. The molecular formula is C18H29N3O4. The highest BCUT2D eigenvalue weighted by atomic mass is 16.5. The Morgan fingerprint density at radius 1 is 1.20 bits per heavy atom. The number of likely N-dealkylation sites (N-methyl/N-ethyl adjacent to an activating group) is 1. The number of hydrogen-bond acceptors (Lipinski definition) is 5. The number of Topliss-reactive ketones (excluding diaryl/α,β-unsaturated/α-hetero) is 1. The number of aryl methyl sites for hydroxylation is 1. The number of rotatable bonds is 8. The van der Waals surface area contributed by atoms with Gasteiger partial charge in [-0.25, -0.2) is 4.79 Å². The van der Waals surface area contributed by atoms with Crippen molar-refractivity contribution in [2.24, 2.45) is 0 Å². The molecule has 0 radical (unpaired) electrons. The van der Waals surface area contributed by atoms with Crippen molar-refractivity contribution in [1.29, 1.82) is 0 Å². The molecule has 0 aliphatic rings. The molecule has 0 spiro atoms. The lowest BCUT2D eigenvalue weighted by atomic mass is 10.0. The highest BCUT2D eigenvalue weighted by molar-refractivity contribution is 6.03. The van der Waals surface area contributed by atoms with Crippen LogP contribution in [0.3, 0.4) is 0 Å². The second-order valence-corrected chi connectivity index (χ2v) is 6.52. The van der Waals surface area contributed by atoms with E-state index in [0.717, 1.165) is 0 Å². The van der Waals surface area contributed by atoms with Crippen LogP contribution in [0.1, 0.15) is 59.8 Å². The largest absolute Gasteiger partial charge is 0.462 e. The number of esters is 1. The summed E-state index contributed by atoms with van der Waals surface area (Å²) < 4.78 is 5.05. The quantitative estimate of drug-likeness (QED) is 0.551. The number of nitrogens with zero attached hydrogens (tertiary/aromatic N) is 1. The molecule has 1 aromatic rings. The van der Waals surface area contributed by atoms with Crippen LogP contribution < -0.4 is 5.32 Å². The Morgan fingerprint density at radius 3 is 2.32 bits per heavy atom. The Hall–Kier alpha value is -2.15. The first kappa shape index (κ1) is 20.9. The lowest BCUT2D eigenvalue weighted by Crippen LogP contribution is -2.44. The molecule has 1 aromatic heterocycles. The van der Waals surface area contributed by atoms with Crippen LogP contribution in [0.25, 0.3) is 0 Å². The molecule has 1 atom stereocenters. The Kier molecular flexibility index (Phi) is 7.36. The molecule has 0 saturated heterocycles. The summed E-state index contributed by atoms with van der Waals surface area (Å²) in [5, 5.41) is 2.80. The summed E-state index contributed by atoms with van der Waals surface area (Å²) >= 11 is 0. The fraction of sp³-hybridized carbons (Fsp3) is 0.611. The van der Waals surface area contributed by atoms with E-state index in [-0.39, 0.29) is 30.9 Å². The van der Waals surface area contributed by atoms with Gasteiger partial charge in [-0.3, -0.25) is 14.5 Å². The van der Waals surface area contributed by atoms with Crippen LogP contribution in [0.4, 0.5) is 0 Å². The van der Waals surface area contributed by atoms with Crippen LogP contribution >= 0.6 is 0 Å². The SMILES string of the molecule is CCOC(=O)c1c(C)[nH]c(C(=O)[C@@H](C)N(C)CC(=O)NC(C)C)c1C. The molecule has 1 rings (SSSR count). The van der Waals surface area contributed by atoms with Crippen molar-refractivity contribution in [3.63, 3.8) is 0 Å². The summed E-state index contributed by atoms with van der Waals surface area (Å²) in [5.41, 5.74) is 1.96. The molecule has 25 heavy (non-hydrogen) atoms. The molecule has 0 saturated carbocycles. The summed E-state index contributed by atoms with van der Waals surface area (Å²) in [6.07, 6.45) is 0. The minimum absolute atomic E-state index is 0.0485. The summed E-state index contributed by atoms with van der Waals surface area (Å²) in [4.78, 5) is 41.4. The highest BCUT2D eigenvalue weighted by Crippen LogP contribution is 2.21. The summed E-state index contributed by atoms with van der Waals surface area (Å²) in [6, 6.07) is -0.461. The molecule has 0 aliphatic carbocycles. The van der Waals surface area contributed by atoms with Crippen LogP contribution in [-0.4, -0.2) is 59.8 Å². The lowest BCUT2D eigenvalue weighted by molar-refractivity contribution is -0.122. The standard InChI is InChI=1S/C18H29N3O4/c1-8-25-18(24)15-11(4)16(20-12(15)5)17(23)13(6)21(7)9-14(22)19-10(2)3/h10,13,20H,8-9H2,1-7H3,(H,19,22)/t13-/m1/s1. The second-order valence-electron chi connectivity index (χ2n) is 6.52. The zero-order valence-corrected chi connectivity index (χ0v) is 16.1. The van der Waals surface area contributed by atoms with Crippen molar-refractivity contribution in [1.82, 2.24) is 15.2 Å². The fourth-order valence-electron chi connectivity index (χ4n) is 2.65. The van der Waals surface area contributed by atoms with Gasteiger partial charge in [-0.15, -0.1) is 0 Å². The third-order valence-corrected chi connectivity index (χ3v) is 4.05. The molecule has 0 aliphatic heterocycles. The number of aromatic amines is 1. The summed E-state index contributed by atoms with van der Waals surface area (Å²) in [7, 11) is 1.72. The van der Waals surface area contributed by atoms with Crippen LogP contribution in [0.5, 0.6) is 0 Å². The molecule has 0 unspecified atom stereocenters. The van der Waals surface area contributed by atoms with Gasteiger partial charge < -0.3 is 15.0 Å². The maximum absolute atomic E-state index is 12.8. The first-order chi connectivity index (χ1) is 11.6. The molecule has 2 N–H and O–H groups in total. The Labute approximate surface area is 149 Å². The predicted octanol–water partition coefficient (Wildman–Crippen LogP) is 1.84. The second kappa shape index (κ2) is 8.80. The van der Waals surface area contributed by atoms with Gasteiger partial charge in [0.1, 0.15) is 0 Å². The first-order valence-electron chi connectivity index (χ1n) is 8.50. The van der Waals surface area contributed by atoms with Gasteiger partial charge in [-0.2, -0.15) is 0 Å². The molecular weight excluding hydrogens is 322 g/mol. The Morgan fingerprint density at radius 2 is 1.80 bits per heavy atom. The molecule has 0 aromatic carbocycles. The normalized spacial score (nSPS) is 12.4. The van der Waals surface area contributed by atoms with Gasteiger partial charge in [-0.05, 0) is 54.2 Å². The number of ketones is 1. The molecule has 7 nitrogen and oxygen atoms in total. The monoisotopic (exact) mass is 351 g/mol. The average molecular weight is 351 g/mol. The number of carbonyl (C=O) groups excluding carboxylic acids is 3. The number of amides is 1. The number of aromatic nitrogens is 1. The maximum Gasteiger partial charge on any atom is 0.340 e. The van der Waals surface area contributed by atoms with E-state index in [4.69, 9.17) is 4.74 Å². The molecule has 0 bridgehead atoms. The smallest absolute Gasteiger partial charge is 0.340 e. The van der Waals surface area contributed by atoms with Crippen molar-refractivity contribution in [3.8, 4) is 0 Å².